The maximum absolute atomic E-state index is 10.8. The van der Waals surface area contributed by atoms with Crippen molar-refractivity contribution in [2.24, 2.45) is 0 Å². The fourth-order valence-electron chi connectivity index (χ4n) is 2.53. The van der Waals surface area contributed by atoms with Gasteiger partial charge in [0.1, 0.15) is 0 Å². The number of carboxylic acids is 1. The Morgan fingerprint density at radius 2 is 2.32 bits per heavy atom. The lowest BCUT2D eigenvalue weighted by molar-refractivity contribution is 0.0685. The first-order valence-electron chi connectivity index (χ1n) is 6.18. The average Bonchev–Trinajstić information content (AvgIpc) is 2.96. The molecule has 3 rings (SSSR count). The number of fused-ring (bicyclic) bond motifs is 1. The molecule has 1 aliphatic rings. The minimum absolute atomic E-state index is 0.0462. The van der Waals surface area contributed by atoms with Gasteiger partial charge in [0.15, 0.2) is 11.5 Å². The molecule has 1 aromatic carbocycles. The van der Waals surface area contributed by atoms with E-state index in [1.165, 1.54) is 17.3 Å². The molecule has 0 radical (unpaired) electrons. The Hall–Kier alpha value is -2.30. The molecule has 5 heteroatoms. The van der Waals surface area contributed by atoms with Crippen LogP contribution in [0.4, 0.5) is 5.69 Å². The van der Waals surface area contributed by atoms with Gasteiger partial charge >= 0.3 is 5.97 Å². The lowest BCUT2D eigenvalue weighted by Crippen LogP contribution is -2.28. The highest BCUT2D eigenvalue weighted by Crippen LogP contribution is 2.32. The third kappa shape index (κ3) is 2.07. The highest BCUT2D eigenvalue weighted by Gasteiger charge is 2.26. The molecule has 0 aliphatic carbocycles. The van der Waals surface area contributed by atoms with Crippen molar-refractivity contribution < 1.29 is 14.4 Å². The Labute approximate surface area is 110 Å². The van der Waals surface area contributed by atoms with Gasteiger partial charge in [-0.15, -0.1) is 0 Å². The second kappa shape index (κ2) is 4.42. The molecule has 0 spiro atoms. The van der Waals surface area contributed by atoms with Gasteiger partial charge in [0.05, 0.1) is 6.54 Å². The average molecular weight is 258 g/mol. The summed E-state index contributed by atoms with van der Waals surface area (Å²) in [6.07, 6.45) is 0.996. The first-order valence-corrected chi connectivity index (χ1v) is 6.18. The number of aromatic nitrogens is 1. The fraction of sp³-hybridized carbons (Fsp3) is 0.286. The summed E-state index contributed by atoms with van der Waals surface area (Å²) in [5.74, 6) is -0.495. The Balaban J connectivity index is 1.85. The highest BCUT2D eigenvalue weighted by molar-refractivity contribution is 5.85. The smallest absolute Gasteiger partial charge is 0.358 e. The minimum atomic E-state index is -1.06. The lowest BCUT2D eigenvalue weighted by atomic mass is 10.1. The first-order chi connectivity index (χ1) is 9.15. The Bertz CT molecular complexity index is 621. The summed E-state index contributed by atoms with van der Waals surface area (Å²) in [4.78, 5) is 13.0. The molecule has 1 N–H and O–H groups in total. The molecule has 1 unspecified atom stereocenters. The molecule has 2 aromatic rings. The summed E-state index contributed by atoms with van der Waals surface area (Å²) in [6.45, 7) is 2.69. The van der Waals surface area contributed by atoms with Crippen LogP contribution in [-0.2, 0) is 13.0 Å². The molecule has 98 valence electrons. The second-order valence-corrected chi connectivity index (χ2v) is 4.79. The van der Waals surface area contributed by atoms with Crippen LogP contribution in [0.2, 0.25) is 0 Å². The van der Waals surface area contributed by atoms with Crippen LogP contribution in [0, 0.1) is 0 Å². The minimum Gasteiger partial charge on any atom is -0.476 e. The van der Waals surface area contributed by atoms with Crippen molar-refractivity contribution >= 4 is 11.7 Å². The third-order valence-corrected chi connectivity index (χ3v) is 3.45. The van der Waals surface area contributed by atoms with E-state index in [1.807, 2.05) is 12.1 Å². The maximum atomic E-state index is 10.8. The highest BCUT2D eigenvalue weighted by atomic mass is 16.5. The predicted octanol–water partition coefficient (Wildman–Crippen LogP) is 2.32. The summed E-state index contributed by atoms with van der Waals surface area (Å²) in [6, 6.07) is 10.1. The topological polar surface area (TPSA) is 66.6 Å². The molecule has 0 bridgehead atoms. The number of benzene rings is 1. The molecule has 1 atom stereocenters. The van der Waals surface area contributed by atoms with Crippen LogP contribution in [0.25, 0.3) is 0 Å². The molecular weight excluding hydrogens is 244 g/mol. The van der Waals surface area contributed by atoms with Crippen LogP contribution in [0.5, 0.6) is 0 Å². The van der Waals surface area contributed by atoms with Crippen LogP contribution >= 0.6 is 0 Å². The number of nitrogens with zero attached hydrogens (tertiary/aromatic N) is 2. The maximum Gasteiger partial charge on any atom is 0.358 e. The van der Waals surface area contributed by atoms with Crippen LogP contribution in [0.15, 0.2) is 34.9 Å². The monoisotopic (exact) mass is 258 g/mol. The van der Waals surface area contributed by atoms with Crippen LogP contribution in [0.3, 0.4) is 0 Å². The van der Waals surface area contributed by atoms with E-state index in [4.69, 9.17) is 9.63 Å². The summed E-state index contributed by atoms with van der Waals surface area (Å²) < 4.78 is 5.08. The van der Waals surface area contributed by atoms with Gasteiger partial charge in [-0.25, -0.2) is 4.79 Å². The van der Waals surface area contributed by atoms with Crippen molar-refractivity contribution in [1.29, 1.82) is 0 Å². The van der Waals surface area contributed by atoms with E-state index in [0.29, 0.717) is 18.3 Å². The zero-order chi connectivity index (χ0) is 13.4. The van der Waals surface area contributed by atoms with Crippen molar-refractivity contribution in [3.8, 4) is 0 Å². The standard InChI is InChI=1S/C14H14N2O3/c1-9-6-10-4-2-3-5-13(10)16(9)8-11-7-12(14(17)18)15-19-11/h2-5,7,9H,6,8H2,1H3,(H,17,18). The van der Waals surface area contributed by atoms with E-state index >= 15 is 0 Å². The van der Waals surface area contributed by atoms with E-state index in [1.54, 1.807) is 0 Å². The number of hydrogen-bond donors (Lipinski definition) is 1. The number of para-hydroxylation sites is 1. The molecule has 5 nitrogen and oxygen atoms in total. The normalized spacial score (nSPS) is 17.5. The molecule has 2 heterocycles. The van der Waals surface area contributed by atoms with Crippen LogP contribution < -0.4 is 4.90 Å². The van der Waals surface area contributed by atoms with Gasteiger partial charge in [0, 0.05) is 17.8 Å². The van der Waals surface area contributed by atoms with Crippen LogP contribution in [-0.4, -0.2) is 22.3 Å². The van der Waals surface area contributed by atoms with Gasteiger partial charge in [-0.2, -0.15) is 0 Å². The molecule has 0 saturated heterocycles. The summed E-state index contributed by atoms with van der Waals surface area (Å²) >= 11 is 0. The van der Waals surface area contributed by atoms with Gasteiger partial charge < -0.3 is 14.5 Å². The van der Waals surface area contributed by atoms with Gasteiger partial charge in [0.25, 0.3) is 0 Å². The zero-order valence-electron chi connectivity index (χ0n) is 10.5. The predicted molar refractivity (Wildman–Crippen MR) is 69.3 cm³/mol. The van der Waals surface area contributed by atoms with E-state index in [2.05, 4.69) is 29.1 Å². The first kappa shape index (κ1) is 11.8. The molecule has 0 amide bonds. The summed E-state index contributed by atoms with van der Waals surface area (Å²) in [5, 5.41) is 12.4. The summed E-state index contributed by atoms with van der Waals surface area (Å²) in [5.41, 5.74) is 2.45. The zero-order valence-corrected chi connectivity index (χ0v) is 10.5. The fourth-order valence-corrected chi connectivity index (χ4v) is 2.53. The molecule has 0 fully saturated rings. The van der Waals surface area contributed by atoms with E-state index < -0.39 is 5.97 Å². The van der Waals surface area contributed by atoms with Crippen molar-refractivity contribution in [2.75, 3.05) is 4.90 Å². The van der Waals surface area contributed by atoms with Crippen molar-refractivity contribution in [3.05, 3.63) is 47.3 Å². The molecule has 1 aromatic heterocycles. The Kier molecular flexibility index (Phi) is 2.74. The van der Waals surface area contributed by atoms with Crippen molar-refractivity contribution in [3.63, 3.8) is 0 Å². The van der Waals surface area contributed by atoms with E-state index in [-0.39, 0.29) is 5.69 Å². The number of anilines is 1. The largest absolute Gasteiger partial charge is 0.476 e. The third-order valence-electron chi connectivity index (χ3n) is 3.45. The number of carboxylic acid groups (broad SMARTS) is 1. The molecule has 0 saturated carbocycles. The SMILES string of the molecule is CC1Cc2ccccc2N1Cc1cc(C(=O)O)no1. The number of carbonyl (C=O) groups is 1. The van der Waals surface area contributed by atoms with E-state index in [0.717, 1.165) is 6.42 Å². The van der Waals surface area contributed by atoms with Crippen molar-refractivity contribution in [2.45, 2.75) is 25.9 Å². The second-order valence-electron chi connectivity index (χ2n) is 4.79. The van der Waals surface area contributed by atoms with Gasteiger partial charge in [-0.3, -0.25) is 0 Å². The lowest BCUT2D eigenvalue weighted by Gasteiger charge is -2.23. The number of rotatable bonds is 3. The Morgan fingerprint density at radius 1 is 1.53 bits per heavy atom. The quantitative estimate of drug-likeness (QED) is 0.915. The van der Waals surface area contributed by atoms with Crippen LogP contribution in [0.1, 0.15) is 28.7 Å². The molecule has 1 aliphatic heterocycles. The van der Waals surface area contributed by atoms with Gasteiger partial charge in [-0.1, -0.05) is 23.4 Å². The van der Waals surface area contributed by atoms with E-state index in [9.17, 15) is 4.79 Å². The number of hydrogen-bond acceptors (Lipinski definition) is 4. The summed E-state index contributed by atoms with van der Waals surface area (Å²) in [7, 11) is 0. The molecular formula is C14H14N2O3. The van der Waals surface area contributed by atoms with Gasteiger partial charge in [-0.05, 0) is 25.0 Å². The van der Waals surface area contributed by atoms with Gasteiger partial charge in [0.2, 0.25) is 0 Å². The van der Waals surface area contributed by atoms with Crippen molar-refractivity contribution in [1.82, 2.24) is 5.16 Å². The number of aromatic carboxylic acids is 1. The molecule has 19 heavy (non-hydrogen) atoms. The Morgan fingerprint density at radius 3 is 3.05 bits per heavy atom.